The average Bonchev–Trinajstić information content (AvgIpc) is 3.34. The van der Waals surface area contributed by atoms with Crippen LogP contribution in [0, 0.1) is 24.2 Å². The Kier molecular flexibility index (Phi) is 6.63. The number of nitriles is 1. The van der Waals surface area contributed by atoms with Gasteiger partial charge in [0.25, 0.3) is 11.3 Å². The summed E-state index contributed by atoms with van der Waals surface area (Å²) in [5.41, 5.74) is 3.45. The van der Waals surface area contributed by atoms with E-state index in [0.717, 1.165) is 43.2 Å². The highest BCUT2D eigenvalue weighted by molar-refractivity contribution is 5.93. The fourth-order valence-electron chi connectivity index (χ4n) is 4.86. The standard InChI is InChI=1S/C28H28N6O2/c1-19-24(16-20-8-4-2-5-9-20)26(36)34-27(30-19)31-28(32-34)33(25(35)23-10-6-3-7-11-23)18-22-14-12-21(17-29)13-15-22/h2,4-5,8-9,12-15,23H,3,6-7,10-11,16,18H2,1H3,(H,30,31,32). The van der Waals surface area contributed by atoms with Crippen molar-refractivity contribution in [3.8, 4) is 6.07 Å². The molecule has 1 aliphatic rings. The lowest BCUT2D eigenvalue weighted by molar-refractivity contribution is -0.123. The average molecular weight is 481 g/mol. The summed E-state index contributed by atoms with van der Waals surface area (Å²) in [5.74, 6) is 0.458. The first-order valence-corrected chi connectivity index (χ1v) is 12.4. The number of fused-ring (bicyclic) bond motifs is 1. The number of anilines is 1. The number of aryl methyl sites for hydroxylation is 1. The van der Waals surface area contributed by atoms with Crippen LogP contribution >= 0.6 is 0 Å². The SMILES string of the molecule is Cc1nc2nc(N(Cc3ccc(C#N)cc3)C(=O)C3CCCCC3)[nH]n2c(=O)c1Cc1ccccc1. The van der Waals surface area contributed by atoms with Gasteiger partial charge in [-0.05, 0) is 43.0 Å². The molecule has 0 unspecified atom stereocenters. The van der Waals surface area contributed by atoms with Crippen molar-refractivity contribution in [2.45, 2.75) is 52.0 Å². The van der Waals surface area contributed by atoms with E-state index in [4.69, 9.17) is 5.26 Å². The monoisotopic (exact) mass is 480 g/mol. The summed E-state index contributed by atoms with van der Waals surface area (Å²) in [4.78, 5) is 37.9. The van der Waals surface area contributed by atoms with Crippen molar-refractivity contribution in [3.05, 3.63) is 92.9 Å². The second-order valence-electron chi connectivity index (χ2n) is 9.39. The normalized spacial score (nSPS) is 14.0. The number of aromatic nitrogens is 4. The van der Waals surface area contributed by atoms with Crippen LogP contribution in [0.15, 0.2) is 59.4 Å². The van der Waals surface area contributed by atoms with Gasteiger partial charge in [-0.1, -0.05) is 61.7 Å². The molecule has 1 saturated carbocycles. The summed E-state index contributed by atoms with van der Waals surface area (Å²) in [6.45, 7) is 2.10. The lowest BCUT2D eigenvalue weighted by Crippen LogP contribution is -2.37. The summed E-state index contributed by atoms with van der Waals surface area (Å²) in [6.07, 6.45) is 5.37. The van der Waals surface area contributed by atoms with Crippen molar-refractivity contribution in [2.24, 2.45) is 5.92 Å². The van der Waals surface area contributed by atoms with E-state index in [2.05, 4.69) is 21.1 Å². The van der Waals surface area contributed by atoms with E-state index in [0.29, 0.717) is 29.2 Å². The summed E-state index contributed by atoms with van der Waals surface area (Å²) >= 11 is 0. The minimum Gasteiger partial charge on any atom is -0.276 e. The molecule has 5 rings (SSSR count). The molecule has 0 aliphatic heterocycles. The molecule has 0 saturated heterocycles. The molecule has 1 aliphatic carbocycles. The smallest absolute Gasteiger partial charge is 0.276 e. The van der Waals surface area contributed by atoms with Crippen LogP contribution in [0.2, 0.25) is 0 Å². The number of aromatic amines is 1. The van der Waals surface area contributed by atoms with Crippen molar-refractivity contribution in [1.29, 1.82) is 5.26 Å². The highest BCUT2D eigenvalue weighted by Gasteiger charge is 2.29. The summed E-state index contributed by atoms with van der Waals surface area (Å²) < 4.78 is 1.33. The van der Waals surface area contributed by atoms with E-state index in [-0.39, 0.29) is 29.7 Å². The molecule has 4 aromatic rings. The number of amides is 1. The fraction of sp³-hybridized carbons (Fsp3) is 0.321. The molecule has 0 atom stereocenters. The van der Waals surface area contributed by atoms with Crippen molar-refractivity contribution in [2.75, 3.05) is 4.90 Å². The maximum Gasteiger partial charge on any atom is 0.277 e. The Morgan fingerprint density at radius 1 is 1.06 bits per heavy atom. The van der Waals surface area contributed by atoms with Crippen molar-refractivity contribution < 1.29 is 4.79 Å². The third-order valence-corrected chi connectivity index (χ3v) is 6.91. The molecule has 8 heteroatoms. The Morgan fingerprint density at radius 2 is 1.78 bits per heavy atom. The number of carbonyl (C=O) groups is 1. The van der Waals surface area contributed by atoms with Gasteiger partial charge in [0.15, 0.2) is 0 Å². The van der Waals surface area contributed by atoms with Crippen LogP contribution in [0.5, 0.6) is 0 Å². The maximum atomic E-state index is 13.7. The quantitative estimate of drug-likeness (QED) is 0.443. The molecule has 0 spiro atoms. The number of rotatable bonds is 6. The second kappa shape index (κ2) is 10.2. The highest BCUT2D eigenvalue weighted by Crippen LogP contribution is 2.28. The Hall–Kier alpha value is -4.25. The van der Waals surface area contributed by atoms with Crippen molar-refractivity contribution in [1.82, 2.24) is 19.6 Å². The summed E-state index contributed by atoms with van der Waals surface area (Å²) in [7, 11) is 0. The Bertz CT molecular complexity index is 1470. The van der Waals surface area contributed by atoms with E-state index in [1.54, 1.807) is 17.0 Å². The number of carbonyl (C=O) groups excluding carboxylic acids is 1. The summed E-state index contributed by atoms with van der Waals surface area (Å²) in [5, 5.41) is 12.2. The van der Waals surface area contributed by atoms with Crippen LogP contribution in [0.25, 0.3) is 5.78 Å². The lowest BCUT2D eigenvalue weighted by atomic mass is 9.88. The zero-order valence-corrected chi connectivity index (χ0v) is 20.3. The van der Waals surface area contributed by atoms with E-state index in [1.807, 2.05) is 49.4 Å². The molecule has 0 radical (unpaired) electrons. The number of nitrogens with zero attached hydrogens (tertiary/aromatic N) is 5. The van der Waals surface area contributed by atoms with Gasteiger partial charge in [-0.2, -0.15) is 14.8 Å². The van der Waals surface area contributed by atoms with Gasteiger partial charge in [0.1, 0.15) is 0 Å². The Morgan fingerprint density at radius 3 is 2.47 bits per heavy atom. The molecule has 2 aromatic carbocycles. The van der Waals surface area contributed by atoms with Crippen LogP contribution in [0.4, 0.5) is 5.95 Å². The molecule has 8 nitrogen and oxygen atoms in total. The first kappa shape index (κ1) is 23.5. The van der Waals surface area contributed by atoms with Crippen LogP contribution < -0.4 is 10.5 Å². The van der Waals surface area contributed by atoms with Gasteiger partial charge >= 0.3 is 0 Å². The first-order chi connectivity index (χ1) is 17.5. The molecule has 182 valence electrons. The minimum atomic E-state index is -0.219. The minimum absolute atomic E-state index is 0.00704. The van der Waals surface area contributed by atoms with Gasteiger partial charge in [0.2, 0.25) is 11.9 Å². The number of H-pyrrole nitrogens is 1. The fourth-order valence-corrected chi connectivity index (χ4v) is 4.86. The molecular weight excluding hydrogens is 452 g/mol. The predicted octanol–water partition coefficient (Wildman–Crippen LogP) is 4.30. The van der Waals surface area contributed by atoms with Crippen LogP contribution in [-0.2, 0) is 17.8 Å². The highest BCUT2D eigenvalue weighted by atomic mass is 16.2. The zero-order valence-electron chi connectivity index (χ0n) is 20.3. The maximum absolute atomic E-state index is 13.7. The second-order valence-corrected chi connectivity index (χ2v) is 9.39. The molecule has 0 bridgehead atoms. The van der Waals surface area contributed by atoms with Crippen LogP contribution in [0.1, 0.15) is 60.1 Å². The van der Waals surface area contributed by atoms with Gasteiger partial charge in [-0.25, -0.2) is 4.98 Å². The third-order valence-electron chi connectivity index (χ3n) is 6.91. The Labute approximate surface area is 209 Å². The molecule has 2 aromatic heterocycles. The number of hydrogen-bond acceptors (Lipinski definition) is 5. The van der Waals surface area contributed by atoms with Gasteiger partial charge in [0, 0.05) is 17.9 Å². The molecule has 1 amide bonds. The topological polar surface area (TPSA) is 107 Å². The molecule has 1 fully saturated rings. The van der Waals surface area contributed by atoms with Gasteiger partial charge in [0.05, 0.1) is 23.9 Å². The molecule has 1 N–H and O–H groups in total. The van der Waals surface area contributed by atoms with Gasteiger partial charge in [-0.3, -0.25) is 19.6 Å². The zero-order chi connectivity index (χ0) is 25.1. The number of benzene rings is 2. The summed E-state index contributed by atoms with van der Waals surface area (Å²) in [6, 6.07) is 19.1. The van der Waals surface area contributed by atoms with E-state index < -0.39 is 0 Å². The molecule has 2 heterocycles. The van der Waals surface area contributed by atoms with E-state index in [1.165, 1.54) is 4.52 Å². The van der Waals surface area contributed by atoms with Gasteiger partial charge in [-0.15, -0.1) is 0 Å². The first-order valence-electron chi connectivity index (χ1n) is 12.4. The number of nitrogens with one attached hydrogen (secondary N) is 1. The molecular formula is C28H28N6O2. The Balaban J connectivity index is 1.53. The largest absolute Gasteiger partial charge is 0.277 e. The van der Waals surface area contributed by atoms with E-state index in [9.17, 15) is 9.59 Å². The van der Waals surface area contributed by atoms with Crippen molar-refractivity contribution in [3.63, 3.8) is 0 Å². The van der Waals surface area contributed by atoms with Gasteiger partial charge < -0.3 is 0 Å². The van der Waals surface area contributed by atoms with E-state index >= 15 is 0 Å². The van der Waals surface area contributed by atoms with Crippen molar-refractivity contribution >= 4 is 17.6 Å². The van der Waals surface area contributed by atoms with Crippen LogP contribution in [-0.4, -0.2) is 25.5 Å². The predicted molar refractivity (Wildman–Crippen MR) is 137 cm³/mol. The van der Waals surface area contributed by atoms with Crippen LogP contribution in [0.3, 0.4) is 0 Å². The number of hydrogen-bond donors (Lipinski definition) is 1. The third kappa shape index (κ3) is 4.78. The molecule has 36 heavy (non-hydrogen) atoms. The lowest BCUT2D eigenvalue weighted by Gasteiger charge is -2.27.